The predicted octanol–water partition coefficient (Wildman–Crippen LogP) is 0.0796. The molecule has 1 amide bonds. The predicted molar refractivity (Wildman–Crippen MR) is 39.1 cm³/mol. The average molecular weight is 140 g/mol. The second-order valence-corrected chi connectivity index (χ2v) is 2.67. The summed E-state index contributed by atoms with van der Waals surface area (Å²) in [6.07, 6.45) is 2.31. The largest absolute Gasteiger partial charge is 0.324 e. The van der Waals surface area contributed by atoms with Gasteiger partial charge in [-0.25, -0.2) is 0 Å². The number of carbonyl (C=O) groups is 1. The van der Waals surface area contributed by atoms with Crippen molar-refractivity contribution in [3.63, 3.8) is 0 Å². The minimum absolute atomic E-state index is 0.00824. The molecule has 0 saturated heterocycles. The fourth-order valence-corrected chi connectivity index (χ4v) is 0.944. The summed E-state index contributed by atoms with van der Waals surface area (Å²) < 4.78 is 0. The lowest BCUT2D eigenvalue weighted by molar-refractivity contribution is -0.125. The number of hydrogen-bond acceptors (Lipinski definition) is 2. The highest BCUT2D eigenvalue weighted by molar-refractivity contribution is 5.82. The van der Waals surface area contributed by atoms with Crippen molar-refractivity contribution in [2.75, 3.05) is 7.05 Å². The molecule has 1 aliphatic rings. The molecule has 0 saturated carbocycles. The zero-order valence-electron chi connectivity index (χ0n) is 6.29. The Morgan fingerprint density at radius 3 is 2.60 bits per heavy atom. The molecule has 10 heavy (non-hydrogen) atoms. The summed E-state index contributed by atoms with van der Waals surface area (Å²) in [7, 11) is 1.75. The number of nitrogens with zero attached hydrogens (tertiary/aromatic N) is 1. The minimum atomic E-state index is 0.00824. The van der Waals surface area contributed by atoms with E-state index in [1.807, 2.05) is 13.1 Å². The molecule has 0 spiro atoms. The van der Waals surface area contributed by atoms with Gasteiger partial charge in [-0.05, 0) is 12.5 Å². The van der Waals surface area contributed by atoms with Gasteiger partial charge >= 0.3 is 0 Å². The van der Waals surface area contributed by atoms with Crippen LogP contribution in [0.1, 0.15) is 13.3 Å². The van der Waals surface area contributed by atoms with E-state index in [-0.39, 0.29) is 11.9 Å². The Kier molecular flexibility index (Phi) is 1.76. The normalized spacial score (nSPS) is 21.3. The average Bonchev–Trinajstić information content (AvgIpc) is 2.13. The van der Waals surface area contributed by atoms with Crippen molar-refractivity contribution in [1.82, 2.24) is 4.90 Å². The first kappa shape index (κ1) is 7.28. The van der Waals surface area contributed by atoms with E-state index in [1.165, 1.54) is 0 Å². The molecule has 2 N–H and O–H groups in total. The lowest BCUT2D eigenvalue weighted by Crippen LogP contribution is -2.17. The SMILES string of the molecule is CC(N)C1=CN(C)C(=O)C1. The molecule has 0 aromatic rings. The molecular formula is C7H12N2O. The molecule has 1 rings (SSSR count). The zero-order valence-corrected chi connectivity index (χ0v) is 6.29. The second-order valence-electron chi connectivity index (χ2n) is 2.67. The Balaban J connectivity index is 2.67. The molecule has 0 fully saturated rings. The molecule has 0 radical (unpaired) electrons. The Hall–Kier alpha value is -0.830. The maximum atomic E-state index is 10.9. The standard InChI is InChI=1S/C7H12N2O/c1-5(8)6-3-7(10)9(2)4-6/h4-5H,3,8H2,1-2H3. The van der Waals surface area contributed by atoms with E-state index in [2.05, 4.69) is 0 Å². The second kappa shape index (κ2) is 2.42. The Morgan fingerprint density at radius 1 is 1.80 bits per heavy atom. The van der Waals surface area contributed by atoms with E-state index in [1.54, 1.807) is 11.9 Å². The van der Waals surface area contributed by atoms with E-state index in [4.69, 9.17) is 5.73 Å². The van der Waals surface area contributed by atoms with Crippen molar-refractivity contribution in [1.29, 1.82) is 0 Å². The summed E-state index contributed by atoms with van der Waals surface area (Å²) in [5, 5.41) is 0. The van der Waals surface area contributed by atoms with E-state index in [0.29, 0.717) is 6.42 Å². The van der Waals surface area contributed by atoms with Crippen LogP contribution in [0.5, 0.6) is 0 Å². The number of hydrogen-bond donors (Lipinski definition) is 1. The van der Waals surface area contributed by atoms with E-state index < -0.39 is 0 Å². The number of carbonyl (C=O) groups excluding carboxylic acids is 1. The fraction of sp³-hybridized carbons (Fsp3) is 0.571. The van der Waals surface area contributed by atoms with Gasteiger partial charge in [0, 0.05) is 19.3 Å². The van der Waals surface area contributed by atoms with Crippen LogP contribution in [0.25, 0.3) is 0 Å². The van der Waals surface area contributed by atoms with Gasteiger partial charge in [0.15, 0.2) is 0 Å². The third kappa shape index (κ3) is 1.19. The van der Waals surface area contributed by atoms with Gasteiger partial charge in [0.05, 0.1) is 6.42 Å². The van der Waals surface area contributed by atoms with Gasteiger partial charge in [-0.3, -0.25) is 4.79 Å². The van der Waals surface area contributed by atoms with Crippen molar-refractivity contribution >= 4 is 5.91 Å². The van der Waals surface area contributed by atoms with Crippen LogP contribution in [0.2, 0.25) is 0 Å². The molecule has 0 aliphatic carbocycles. The van der Waals surface area contributed by atoms with Crippen LogP contribution in [0.3, 0.4) is 0 Å². The van der Waals surface area contributed by atoms with Crippen molar-refractivity contribution in [2.24, 2.45) is 5.73 Å². The van der Waals surface area contributed by atoms with Gasteiger partial charge in [-0.1, -0.05) is 0 Å². The molecule has 3 nitrogen and oxygen atoms in total. The van der Waals surface area contributed by atoms with Crippen LogP contribution in [0.15, 0.2) is 11.8 Å². The summed E-state index contributed by atoms with van der Waals surface area (Å²) in [6, 6.07) is 0.00824. The van der Waals surface area contributed by atoms with Gasteiger partial charge in [-0.2, -0.15) is 0 Å². The molecule has 1 atom stereocenters. The van der Waals surface area contributed by atoms with E-state index in [0.717, 1.165) is 5.57 Å². The van der Waals surface area contributed by atoms with Gasteiger partial charge < -0.3 is 10.6 Å². The highest BCUT2D eigenvalue weighted by Gasteiger charge is 2.19. The smallest absolute Gasteiger partial charge is 0.230 e. The molecule has 0 bridgehead atoms. The maximum absolute atomic E-state index is 10.9. The third-order valence-electron chi connectivity index (χ3n) is 1.69. The first-order chi connectivity index (χ1) is 4.61. The molecule has 1 aliphatic heterocycles. The van der Waals surface area contributed by atoms with Gasteiger partial charge in [0.1, 0.15) is 0 Å². The summed E-state index contributed by atoms with van der Waals surface area (Å²) in [4.78, 5) is 12.5. The fourth-order valence-electron chi connectivity index (χ4n) is 0.944. The Bertz CT molecular complexity index is 184. The van der Waals surface area contributed by atoms with Crippen molar-refractivity contribution in [2.45, 2.75) is 19.4 Å². The van der Waals surface area contributed by atoms with Crippen molar-refractivity contribution < 1.29 is 4.79 Å². The first-order valence-corrected chi connectivity index (χ1v) is 3.33. The van der Waals surface area contributed by atoms with E-state index >= 15 is 0 Å². The van der Waals surface area contributed by atoms with Crippen LogP contribution >= 0.6 is 0 Å². The Labute approximate surface area is 60.5 Å². The van der Waals surface area contributed by atoms with Gasteiger partial charge in [0.2, 0.25) is 5.91 Å². The number of rotatable bonds is 1. The van der Waals surface area contributed by atoms with Crippen LogP contribution in [0, 0.1) is 0 Å². The summed E-state index contributed by atoms with van der Waals surface area (Å²) >= 11 is 0. The Morgan fingerprint density at radius 2 is 2.40 bits per heavy atom. The van der Waals surface area contributed by atoms with Gasteiger partial charge in [0.25, 0.3) is 0 Å². The highest BCUT2D eigenvalue weighted by atomic mass is 16.2. The number of nitrogens with two attached hydrogens (primary N) is 1. The molecule has 1 heterocycles. The van der Waals surface area contributed by atoms with Gasteiger partial charge in [-0.15, -0.1) is 0 Å². The lowest BCUT2D eigenvalue weighted by atomic mass is 10.1. The van der Waals surface area contributed by atoms with Crippen molar-refractivity contribution in [3.8, 4) is 0 Å². The molecule has 0 aromatic carbocycles. The highest BCUT2D eigenvalue weighted by Crippen LogP contribution is 2.15. The topological polar surface area (TPSA) is 46.3 Å². The van der Waals surface area contributed by atoms with E-state index in [9.17, 15) is 4.79 Å². The quantitative estimate of drug-likeness (QED) is 0.560. The summed E-state index contributed by atoms with van der Waals surface area (Å²) in [6.45, 7) is 1.89. The van der Waals surface area contributed by atoms with Crippen LogP contribution in [-0.4, -0.2) is 23.9 Å². The van der Waals surface area contributed by atoms with Crippen LogP contribution in [-0.2, 0) is 4.79 Å². The molecular weight excluding hydrogens is 128 g/mol. The molecule has 56 valence electrons. The minimum Gasteiger partial charge on any atom is -0.324 e. The van der Waals surface area contributed by atoms with Crippen molar-refractivity contribution in [3.05, 3.63) is 11.8 Å². The lowest BCUT2D eigenvalue weighted by Gasteiger charge is -2.01. The first-order valence-electron chi connectivity index (χ1n) is 3.33. The summed E-state index contributed by atoms with van der Waals surface area (Å²) in [5.74, 6) is 0.132. The monoisotopic (exact) mass is 140 g/mol. The zero-order chi connectivity index (χ0) is 7.72. The molecule has 3 heteroatoms. The molecule has 0 aromatic heterocycles. The van der Waals surface area contributed by atoms with Crippen LogP contribution < -0.4 is 5.73 Å². The number of amides is 1. The van der Waals surface area contributed by atoms with Crippen LogP contribution in [0.4, 0.5) is 0 Å². The summed E-state index contributed by atoms with van der Waals surface area (Å²) in [5.41, 5.74) is 6.60. The molecule has 1 unspecified atom stereocenters. The third-order valence-corrected chi connectivity index (χ3v) is 1.69. The maximum Gasteiger partial charge on any atom is 0.230 e.